The number of aromatic nitrogens is 2. The molecule has 5 heteroatoms. The van der Waals surface area contributed by atoms with E-state index in [0.29, 0.717) is 18.3 Å². The van der Waals surface area contributed by atoms with Gasteiger partial charge in [-0.1, -0.05) is 49.4 Å². The second-order valence-corrected chi connectivity index (χ2v) is 6.89. The molecule has 2 unspecified atom stereocenters. The van der Waals surface area contributed by atoms with Gasteiger partial charge in [-0.2, -0.15) is 5.10 Å². The number of hydrogen-bond donors (Lipinski definition) is 1. The first-order valence-electron chi connectivity index (χ1n) is 9.33. The van der Waals surface area contributed by atoms with Gasteiger partial charge in [0.2, 0.25) is 5.91 Å². The lowest BCUT2D eigenvalue weighted by Crippen LogP contribution is -2.14. The summed E-state index contributed by atoms with van der Waals surface area (Å²) in [5, 5.41) is 7.21. The minimum Gasteiger partial charge on any atom is -0.471 e. The molecule has 1 aromatic heterocycles. The Bertz CT molecular complexity index is 903. The molecular formula is C22H23N3O2. The molecule has 0 spiro atoms. The molecule has 1 N–H and O–H groups in total. The standard InChI is InChI=1S/C22H23N3O2/c1-2-16-8-10-19(11-9-16)27-15-25-14-18(13-23-25)24-22(26)21-12-20(21)17-6-4-3-5-7-17/h3-11,13-14,20-21H,2,12,15H2,1H3,(H,24,26). The number of amides is 1. The van der Waals surface area contributed by atoms with Gasteiger partial charge in [0, 0.05) is 5.92 Å². The van der Waals surface area contributed by atoms with E-state index in [4.69, 9.17) is 4.74 Å². The Hall–Kier alpha value is -3.08. The number of ether oxygens (including phenoxy) is 1. The average molecular weight is 361 g/mol. The van der Waals surface area contributed by atoms with E-state index in [0.717, 1.165) is 18.6 Å². The van der Waals surface area contributed by atoms with Crippen LogP contribution in [0.2, 0.25) is 0 Å². The Balaban J connectivity index is 1.28. The zero-order chi connectivity index (χ0) is 18.6. The second kappa shape index (κ2) is 7.66. The van der Waals surface area contributed by atoms with Crippen LogP contribution < -0.4 is 10.1 Å². The van der Waals surface area contributed by atoms with Crippen LogP contribution in [0.4, 0.5) is 5.69 Å². The van der Waals surface area contributed by atoms with Crippen LogP contribution in [0.5, 0.6) is 5.75 Å². The molecule has 1 aliphatic carbocycles. The molecule has 2 aromatic carbocycles. The normalized spacial score (nSPS) is 18.1. The molecule has 0 aliphatic heterocycles. The van der Waals surface area contributed by atoms with Crippen molar-refractivity contribution in [2.24, 2.45) is 5.92 Å². The first kappa shape index (κ1) is 17.3. The van der Waals surface area contributed by atoms with Gasteiger partial charge in [-0.15, -0.1) is 0 Å². The smallest absolute Gasteiger partial charge is 0.228 e. The fraction of sp³-hybridized carbons (Fsp3) is 0.273. The molecule has 0 bridgehead atoms. The summed E-state index contributed by atoms with van der Waals surface area (Å²) in [6, 6.07) is 18.2. The first-order valence-corrected chi connectivity index (χ1v) is 9.33. The summed E-state index contributed by atoms with van der Waals surface area (Å²) in [4.78, 5) is 12.4. The number of aryl methyl sites for hydroxylation is 1. The number of rotatable bonds is 7. The third-order valence-corrected chi connectivity index (χ3v) is 4.95. The van der Waals surface area contributed by atoms with Crippen LogP contribution in [0.3, 0.4) is 0 Å². The van der Waals surface area contributed by atoms with Crippen LogP contribution in [0.1, 0.15) is 30.4 Å². The van der Waals surface area contributed by atoms with E-state index in [1.165, 1.54) is 11.1 Å². The lowest BCUT2D eigenvalue weighted by atomic mass is 10.1. The number of hydrogen-bond acceptors (Lipinski definition) is 3. The summed E-state index contributed by atoms with van der Waals surface area (Å²) in [6.07, 6.45) is 5.36. The summed E-state index contributed by atoms with van der Waals surface area (Å²) >= 11 is 0. The van der Waals surface area contributed by atoms with Gasteiger partial charge >= 0.3 is 0 Å². The van der Waals surface area contributed by atoms with Crippen molar-refractivity contribution >= 4 is 11.6 Å². The number of carbonyl (C=O) groups is 1. The molecule has 1 saturated carbocycles. The molecule has 5 nitrogen and oxygen atoms in total. The highest BCUT2D eigenvalue weighted by atomic mass is 16.5. The van der Waals surface area contributed by atoms with Crippen molar-refractivity contribution in [3.8, 4) is 5.75 Å². The van der Waals surface area contributed by atoms with Crippen molar-refractivity contribution < 1.29 is 9.53 Å². The minimum absolute atomic E-state index is 0.0454. The number of nitrogens with zero attached hydrogens (tertiary/aromatic N) is 2. The molecule has 1 fully saturated rings. The molecule has 1 amide bonds. The quantitative estimate of drug-likeness (QED) is 0.685. The summed E-state index contributed by atoms with van der Waals surface area (Å²) in [5.41, 5.74) is 3.21. The van der Waals surface area contributed by atoms with Gasteiger partial charge in [0.05, 0.1) is 18.1 Å². The molecule has 0 saturated heterocycles. The van der Waals surface area contributed by atoms with Gasteiger partial charge in [-0.25, -0.2) is 4.68 Å². The molecule has 3 aromatic rings. The van der Waals surface area contributed by atoms with Gasteiger partial charge in [0.25, 0.3) is 0 Å². The van der Waals surface area contributed by atoms with Gasteiger partial charge < -0.3 is 10.1 Å². The van der Waals surface area contributed by atoms with Gasteiger partial charge in [-0.3, -0.25) is 4.79 Å². The maximum Gasteiger partial charge on any atom is 0.228 e. The summed E-state index contributed by atoms with van der Waals surface area (Å²) < 4.78 is 7.40. The van der Waals surface area contributed by atoms with Crippen molar-refractivity contribution in [1.29, 1.82) is 0 Å². The van der Waals surface area contributed by atoms with Crippen molar-refractivity contribution in [3.63, 3.8) is 0 Å². The summed E-state index contributed by atoms with van der Waals surface area (Å²) in [6.45, 7) is 2.43. The lowest BCUT2D eigenvalue weighted by Gasteiger charge is -2.06. The third kappa shape index (κ3) is 4.19. The number of anilines is 1. The number of nitrogens with one attached hydrogen (secondary N) is 1. The Morgan fingerprint density at radius 3 is 2.70 bits per heavy atom. The van der Waals surface area contributed by atoms with Gasteiger partial charge in [0.15, 0.2) is 6.73 Å². The highest BCUT2D eigenvalue weighted by molar-refractivity contribution is 5.95. The predicted molar refractivity (Wildman–Crippen MR) is 105 cm³/mol. The molecule has 27 heavy (non-hydrogen) atoms. The van der Waals surface area contributed by atoms with Crippen LogP contribution in [-0.4, -0.2) is 15.7 Å². The minimum atomic E-state index is 0.0454. The Morgan fingerprint density at radius 2 is 1.96 bits per heavy atom. The summed E-state index contributed by atoms with van der Waals surface area (Å²) in [7, 11) is 0. The highest BCUT2D eigenvalue weighted by Gasteiger charge is 2.43. The molecule has 0 radical (unpaired) electrons. The van der Waals surface area contributed by atoms with Crippen LogP contribution in [0, 0.1) is 5.92 Å². The van der Waals surface area contributed by atoms with E-state index < -0.39 is 0 Å². The molecule has 2 atom stereocenters. The van der Waals surface area contributed by atoms with E-state index in [2.05, 4.69) is 41.6 Å². The van der Waals surface area contributed by atoms with E-state index in [1.54, 1.807) is 17.1 Å². The van der Waals surface area contributed by atoms with E-state index in [-0.39, 0.29) is 11.8 Å². The van der Waals surface area contributed by atoms with E-state index >= 15 is 0 Å². The number of carbonyl (C=O) groups excluding carboxylic acids is 1. The molecule has 138 valence electrons. The fourth-order valence-electron chi connectivity index (χ4n) is 3.25. The Labute approximate surface area is 159 Å². The van der Waals surface area contributed by atoms with Crippen LogP contribution in [0.15, 0.2) is 67.0 Å². The zero-order valence-electron chi connectivity index (χ0n) is 15.3. The second-order valence-electron chi connectivity index (χ2n) is 6.89. The lowest BCUT2D eigenvalue weighted by molar-refractivity contribution is -0.117. The van der Waals surface area contributed by atoms with Gasteiger partial charge in [0.1, 0.15) is 5.75 Å². The third-order valence-electron chi connectivity index (χ3n) is 4.95. The fourth-order valence-corrected chi connectivity index (χ4v) is 3.25. The largest absolute Gasteiger partial charge is 0.471 e. The maximum atomic E-state index is 12.4. The van der Waals surface area contributed by atoms with Crippen molar-refractivity contribution in [3.05, 3.63) is 78.1 Å². The topological polar surface area (TPSA) is 56.1 Å². The average Bonchev–Trinajstić information content (AvgIpc) is 3.41. The van der Waals surface area contributed by atoms with Crippen LogP contribution >= 0.6 is 0 Å². The Morgan fingerprint density at radius 1 is 1.19 bits per heavy atom. The highest BCUT2D eigenvalue weighted by Crippen LogP contribution is 2.47. The van der Waals surface area contributed by atoms with E-state index in [1.807, 2.05) is 30.3 Å². The van der Waals surface area contributed by atoms with Gasteiger partial charge in [-0.05, 0) is 42.0 Å². The zero-order valence-corrected chi connectivity index (χ0v) is 15.3. The monoisotopic (exact) mass is 361 g/mol. The molecule has 4 rings (SSSR count). The van der Waals surface area contributed by atoms with E-state index in [9.17, 15) is 4.79 Å². The molecule has 1 aliphatic rings. The Kier molecular flexibility index (Phi) is 4.92. The maximum absolute atomic E-state index is 12.4. The molecule has 1 heterocycles. The van der Waals surface area contributed by atoms with Crippen molar-refractivity contribution in [2.45, 2.75) is 32.4 Å². The predicted octanol–water partition coefficient (Wildman–Crippen LogP) is 4.22. The van der Waals surface area contributed by atoms with Crippen LogP contribution in [0.25, 0.3) is 0 Å². The SMILES string of the molecule is CCc1ccc(OCn2cc(NC(=O)C3CC3c3ccccc3)cn2)cc1. The first-order chi connectivity index (χ1) is 13.2. The van der Waals surface area contributed by atoms with Crippen molar-refractivity contribution in [1.82, 2.24) is 9.78 Å². The van der Waals surface area contributed by atoms with Crippen molar-refractivity contribution in [2.75, 3.05) is 5.32 Å². The summed E-state index contributed by atoms with van der Waals surface area (Å²) in [5.74, 6) is 1.23. The number of benzene rings is 2. The van der Waals surface area contributed by atoms with Crippen LogP contribution in [-0.2, 0) is 17.9 Å². The molecular weight excluding hydrogens is 338 g/mol.